The molecule has 1 aromatic rings. The number of benzene rings is 1. The molecule has 1 atom stereocenters. The first-order valence-corrected chi connectivity index (χ1v) is 6.29. The van der Waals surface area contributed by atoms with E-state index in [-0.39, 0.29) is 6.61 Å². The normalized spacial score (nSPS) is 20.5. The van der Waals surface area contributed by atoms with Gasteiger partial charge in [0.2, 0.25) is 0 Å². The highest BCUT2D eigenvalue weighted by molar-refractivity contribution is 7.83. The maximum atomic E-state index is 12.0. The van der Waals surface area contributed by atoms with Gasteiger partial charge in [-0.2, -0.15) is 0 Å². The Bertz CT molecular complexity index is 367. The summed E-state index contributed by atoms with van der Waals surface area (Å²) < 4.78 is 13.9. The molecule has 0 bridgehead atoms. The van der Waals surface area contributed by atoms with Gasteiger partial charge in [0.25, 0.3) is 0 Å². The molecule has 1 aromatic carbocycles. The Kier molecular flexibility index (Phi) is 3.51. The van der Waals surface area contributed by atoms with E-state index in [2.05, 4.69) is 0 Å². The van der Waals surface area contributed by atoms with Gasteiger partial charge in [0, 0.05) is 19.7 Å². The highest BCUT2D eigenvalue weighted by atomic mass is 32.2. The van der Waals surface area contributed by atoms with Crippen molar-refractivity contribution < 1.29 is 9.32 Å². The average Bonchev–Trinajstić information content (AvgIpc) is 2.57. The van der Waals surface area contributed by atoms with Crippen LogP contribution in [0, 0.1) is 0 Å². The van der Waals surface area contributed by atoms with Gasteiger partial charge in [-0.25, -0.2) is 8.51 Å². The topological polar surface area (TPSA) is 40.5 Å². The molecule has 0 fully saturated rings. The largest absolute Gasteiger partial charge is 0.396 e. The summed E-state index contributed by atoms with van der Waals surface area (Å²) in [5, 5.41) is 8.69. The van der Waals surface area contributed by atoms with Gasteiger partial charge in [-0.05, 0) is 24.5 Å². The second-order valence-corrected chi connectivity index (χ2v) is 5.11. The van der Waals surface area contributed by atoms with Crippen LogP contribution < -0.4 is 0 Å². The van der Waals surface area contributed by atoms with Gasteiger partial charge in [0.1, 0.15) is 11.0 Å². The van der Waals surface area contributed by atoms with Gasteiger partial charge in [-0.1, -0.05) is 18.2 Å². The van der Waals surface area contributed by atoms with E-state index in [9.17, 15) is 4.21 Å². The molecule has 0 saturated carbocycles. The standard InChI is InChI=1S/C11H15NO2S/c13-8-4-3-7-12-9-10-5-1-2-6-11(10)15(12)14/h1-2,5-6,13H,3-4,7-9H2. The minimum Gasteiger partial charge on any atom is -0.396 e. The minimum atomic E-state index is -0.987. The van der Waals surface area contributed by atoms with Gasteiger partial charge in [0.15, 0.2) is 0 Å². The Hall–Kier alpha value is -0.710. The monoisotopic (exact) mass is 225 g/mol. The molecular weight excluding hydrogens is 210 g/mol. The zero-order chi connectivity index (χ0) is 10.7. The zero-order valence-corrected chi connectivity index (χ0v) is 9.37. The Balaban J connectivity index is 2.01. The first-order chi connectivity index (χ1) is 7.33. The van der Waals surface area contributed by atoms with Crippen LogP contribution in [0.15, 0.2) is 29.2 Å². The highest BCUT2D eigenvalue weighted by Crippen LogP contribution is 2.26. The molecule has 1 N–H and O–H groups in total. The average molecular weight is 225 g/mol. The summed E-state index contributed by atoms with van der Waals surface area (Å²) in [6.07, 6.45) is 1.68. The first kappa shape index (κ1) is 10.8. The zero-order valence-electron chi connectivity index (χ0n) is 8.56. The van der Waals surface area contributed by atoms with Gasteiger partial charge in [0.05, 0.1) is 4.90 Å². The van der Waals surface area contributed by atoms with E-state index in [0.29, 0.717) is 0 Å². The van der Waals surface area contributed by atoms with E-state index >= 15 is 0 Å². The van der Waals surface area contributed by atoms with Crippen LogP contribution in [0.5, 0.6) is 0 Å². The smallest absolute Gasteiger partial charge is 0.128 e. The molecule has 1 aliphatic heterocycles. The molecule has 0 aliphatic carbocycles. The Morgan fingerprint density at radius 1 is 1.33 bits per heavy atom. The number of hydrogen-bond acceptors (Lipinski definition) is 2. The molecule has 0 spiro atoms. The number of rotatable bonds is 4. The van der Waals surface area contributed by atoms with Crippen LogP contribution in [-0.4, -0.2) is 26.8 Å². The second-order valence-electron chi connectivity index (χ2n) is 3.65. The van der Waals surface area contributed by atoms with Gasteiger partial charge >= 0.3 is 0 Å². The van der Waals surface area contributed by atoms with Crippen LogP contribution in [-0.2, 0) is 17.5 Å². The Labute approximate surface area is 92.3 Å². The van der Waals surface area contributed by atoms with Crippen molar-refractivity contribution in [3.05, 3.63) is 29.8 Å². The minimum absolute atomic E-state index is 0.216. The SMILES string of the molecule is O=S1c2ccccc2CN1CCCCO. The quantitative estimate of drug-likeness (QED) is 0.785. The molecule has 4 heteroatoms. The van der Waals surface area contributed by atoms with Crippen molar-refractivity contribution in [3.63, 3.8) is 0 Å². The Morgan fingerprint density at radius 2 is 2.13 bits per heavy atom. The van der Waals surface area contributed by atoms with Crippen molar-refractivity contribution in [1.82, 2.24) is 4.31 Å². The van der Waals surface area contributed by atoms with E-state index < -0.39 is 11.0 Å². The molecular formula is C11H15NO2S. The molecule has 1 heterocycles. The van der Waals surface area contributed by atoms with E-state index in [4.69, 9.17) is 5.11 Å². The molecule has 0 amide bonds. The van der Waals surface area contributed by atoms with Crippen LogP contribution in [0.25, 0.3) is 0 Å². The molecule has 0 saturated heterocycles. The fraction of sp³-hybridized carbons (Fsp3) is 0.455. The lowest BCUT2D eigenvalue weighted by Crippen LogP contribution is -2.20. The molecule has 3 nitrogen and oxygen atoms in total. The summed E-state index contributed by atoms with van der Waals surface area (Å²) in [7, 11) is -0.987. The summed E-state index contributed by atoms with van der Waals surface area (Å²) in [6, 6.07) is 7.86. The number of fused-ring (bicyclic) bond motifs is 1. The van der Waals surface area contributed by atoms with Crippen molar-refractivity contribution in [1.29, 1.82) is 0 Å². The van der Waals surface area contributed by atoms with Crippen molar-refractivity contribution in [2.45, 2.75) is 24.3 Å². The van der Waals surface area contributed by atoms with Crippen LogP contribution >= 0.6 is 0 Å². The van der Waals surface area contributed by atoms with Crippen molar-refractivity contribution in [2.75, 3.05) is 13.2 Å². The summed E-state index contributed by atoms with van der Waals surface area (Å²) in [4.78, 5) is 0.946. The molecule has 1 aliphatic rings. The summed E-state index contributed by atoms with van der Waals surface area (Å²) >= 11 is 0. The van der Waals surface area contributed by atoms with Gasteiger partial charge in [-0.15, -0.1) is 0 Å². The summed E-state index contributed by atoms with van der Waals surface area (Å²) in [6.45, 7) is 1.78. The highest BCUT2D eigenvalue weighted by Gasteiger charge is 2.25. The van der Waals surface area contributed by atoms with Gasteiger partial charge < -0.3 is 5.11 Å². The molecule has 82 valence electrons. The molecule has 2 rings (SSSR count). The maximum Gasteiger partial charge on any atom is 0.128 e. The maximum absolute atomic E-state index is 12.0. The van der Waals surface area contributed by atoms with Crippen molar-refractivity contribution >= 4 is 11.0 Å². The number of unbranched alkanes of at least 4 members (excludes halogenated alkanes) is 1. The summed E-state index contributed by atoms with van der Waals surface area (Å²) in [5.74, 6) is 0. The predicted octanol–water partition coefficient (Wildman–Crippen LogP) is 1.30. The molecule has 0 aromatic heterocycles. The van der Waals surface area contributed by atoms with E-state index in [0.717, 1.165) is 30.8 Å². The lowest BCUT2D eigenvalue weighted by molar-refractivity contribution is 0.277. The number of hydrogen-bond donors (Lipinski definition) is 1. The van der Waals surface area contributed by atoms with Crippen LogP contribution in [0.1, 0.15) is 18.4 Å². The first-order valence-electron chi connectivity index (χ1n) is 5.18. The third-order valence-electron chi connectivity index (χ3n) is 2.56. The number of nitrogens with zero attached hydrogens (tertiary/aromatic N) is 1. The van der Waals surface area contributed by atoms with Crippen molar-refractivity contribution in [3.8, 4) is 0 Å². The summed E-state index contributed by atoms with van der Waals surface area (Å²) in [5.41, 5.74) is 1.17. The third kappa shape index (κ3) is 2.27. The van der Waals surface area contributed by atoms with E-state index in [1.54, 1.807) is 0 Å². The van der Waals surface area contributed by atoms with E-state index in [1.165, 1.54) is 5.56 Å². The third-order valence-corrected chi connectivity index (χ3v) is 4.11. The van der Waals surface area contributed by atoms with Crippen molar-refractivity contribution in [2.24, 2.45) is 0 Å². The molecule has 0 radical (unpaired) electrons. The van der Waals surface area contributed by atoms with Crippen LogP contribution in [0.4, 0.5) is 0 Å². The van der Waals surface area contributed by atoms with Crippen LogP contribution in [0.3, 0.4) is 0 Å². The lowest BCUT2D eigenvalue weighted by Gasteiger charge is -2.12. The predicted molar refractivity (Wildman–Crippen MR) is 59.6 cm³/mol. The fourth-order valence-electron chi connectivity index (χ4n) is 1.75. The fourth-order valence-corrected chi connectivity index (χ4v) is 3.14. The van der Waals surface area contributed by atoms with E-state index in [1.807, 2.05) is 28.6 Å². The lowest BCUT2D eigenvalue weighted by atomic mass is 10.2. The molecule has 1 unspecified atom stereocenters. The second kappa shape index (κ2) is 4.88. The number of aliphatic hydroxyl groups excluding tert-OH is 1. The molecule has 15 heavy (non-hydrogen) atoms. The van der Waals surface area contributed by atoms with Gasteiger partial charge in [-0.3, -0.25) is 0 Å². The van der Waals surface area contributed by atoms with Crippen LogP contribution in [0.2, 0.25) is 0 Å². The number of aliphatic hydroxyl groups is 1. The Morgan fingerprint density at radius 3 is 2.87 bits per heavy atom.